The fourth-order valence-electron chi connectivity index (χ4n) is 4.52. The summed E-state index contributed by atoms with van der Waals surface area (Å²) in [5.74, 6) is 0. The second-order valence-electron chi connectivity index (χ2n) is 9.19. The van der Waals surface area contributed by atoms with Crippen molar-refractivity contribution in [2.75, 3.05) is 24.6 Å². The van der Waals surface area contributed by atoms with Crippen LogP contribution in [0.4, 0.5) is 0 Å². The van der Waals surface area contributed by atoms with Gasteiger partial charge < -0.3 is 24.0 Å². The molecule has 0 radical (unpaired) electrons. The van der Waals surface area contributed by atoms with Crippen LogP contribution in [0.1, 0.15) is 143 Å². The number of halogens is 1. The van der Waals surface area contributed by atoms with Crippen LogP contribution in [0.15, 0.2) is 0 Å². The monoisotopic (exact) mass is 526 g/mol. The molecule has 0 heterocycles. The van der Waals surface area contributed by atoms with Gasteiger partial charge in [0.2, 0.25) is 0 Å². The molecule has 0 aliphatic rings. The smallest absolute Gasteiger partial charge is 0.0594 e. The molecule has 0 saturated heterocycles. The molecule has 0 N–H and O–H groups in total. The molecule has 0 aliphatic heterocycles. The van der Waals surface area contributed by atoms with E-state index in [-0.39, 0.29) is 24.0 Å². The van der Waals surface area contributed by atoms with Gasteiger partial charge in [-0.1, -0.05) is 105 Å². The maximum absolute atomic E-state index is 2.37. The Morgan fingerprint density at radius 1 is 0.321 bits per heavy atom. The summed E-state index contributed by atoms with van der Waals surface area (Å²) in [4.78, 5) is 0. The van der Waals surface area contributed by atoms with Crippen LogP contribution in [0.25, 0.3) is 0 Å². The Kier molecular flexibility index (Phi) is 27.3. The van der Waals surface area contributed by atoms with Crippen LogP contribution in [0, 0.1) is 0 Å². The lowest BCUT2D eigenvalue weighted by atomic mass is 10.1. The quantitative estimate of drug-likeness (QED) is 0.0801. The van der Waals surface area contributed by atoms with Crippen molar-refractivity contribution < 1.29 is 24.0 Å². The zero-order valence-corrected chi connectivity index (χ0v) is 23.4. The molecule has 0 aromatic carbocycles. The molecule has 28 heavy (non-hydrogen) atoms. The molecule has 0 spiro atoms. The molecule has 0 fully saturated rings. The fraction of sp³-hybridized carbons (Fsp3) is 1.00. The average molecular weight is 527 g/mol. The second kappa shape index (κ2) is 24.4. The van der Waals surface area contributed by atoms with E-state index in [1.165, 1.54) is 103 Å². The van der Waals surface area contributed by atoms with E-state index >= 15 is 0 Å². The van der Waals surface area contributed by atoms with Gasteiger partial charge >= 0.3 is 0 Å². The molecule has 0 rings (SSSR count). The predicted octanol–water partition coefficient (Wildman–Crippen LogP) is 7.11. The Bertz CT molecular complexity index is 252. The summed E-state index contributed by atoms with van der Waals surface area (Å²) >= 11 is 0. The van der Waals surface area contributed by atoms with Crippen molar-refractivity contribution >= 4 is 7.26 Å². The van der Waals surface area contributed by atoms with Crippen LogP contribution in [-0.4, -0.2) is 24.6 Å². The first-order chi connectivity index (χ1) is 13.2. The third kappa shape index (κ3) is 19.1. The van der Waals surface area contributed by atoms with Gasteiger partial charge in [0.25, 0.3) is 0 Å². The lowest BCUT2D eigenvalue weighted by Gasteiger charge is -2.28. The Balaban J connectivity index is 0. The molecule has 172 valence electrons. The summed E-state index contributed by atoms with van der Waals surface area (Å²) < 4.78 is 0. The van der Waals surface area contributed by atoms with E-state index in [2.05, 4.69) is 27.7 Å². The van der Waals surface area contributed by atoms with E-state index in [9.17, 15) is 0 Å². The number of unbranched alkanes of at least 4 members (excludes halogenated alkanes) is 14. The third-order valence-corrected chi connectivity index (χ3v) is 11.5. The van der Waals surface area contributed by atoms with Gasteiger partial charge in [-0.25, -0.2) is 0 Å². The summed E-state index contributed by atoms with van der Waals surface area (Å²) in [7, 11) is -0.667. The molecule has 0 amide bonds. The van der Waals surface area contributed by atoms with Crippen molar-refractivity contribution in [2.24, 2.45) is 0 Å². The summed E-state index contributed by atoms with van der Waals surface area (Å²) in [6.07, 6.45) is 33.1. The standard InChI is InChI=1S/C26H56P.HI/c1-5-9-13-15-17-21-25-27(23-19-11-7-3,24-20-12-8-4)26-22-18-16-14-10-6-2;/h5-26H2,1-4H3;1H/q+1;/p-1. The number of hydrogen-bond acceptors (Lipinski definition) is 0. The van der Waals surface area contributed by atoms with E-state index in [1.54, 1.807) is 37.5 Å². The normalized spacial score (nSPS) is 11.6. The second-order valence-corrected chi connectivity index (χ2v) is 13.7. The van der Waals surface area contributed by atoms with Crippen molar-refractivity contribution in [3.63, 3.8) is 0 Å². The molecule has 0 nitrogen and oxygen atoms in total. The van der Waals surface area contributed by atoms with Crippen LogP contribution < -0.4 is 24.0 Å². The molecule has 0 aromatic heterocycles. The molecule has 0 atom stereocenters. The van der Waals surface area contributed by atoms with Gasteiger partial charge in [-0.3, -0.25) is 0 Å². The molecular formula is C26H56IP. The highest BCUT2D eigenvalue weighted by Crippen LogP contribution is 2.61. The van der Waals surface area contributed by atoms with Gasteiger partial charge in [0.15, 0.2) is 0 Å². The summed E-state index contributed by atoms with van der Waals surface area (Å²) in [5.41, 5.74) is 0. The Morgan fingerprint density at radius 3 is 0.857 bits per heavy atom. The van der Waals surface area contributed by atoms with Gasteiger partial charge in [-0.05, 0) is 38.5 Å². The molecule has 2 heteroatoms. The molecule has 0 aliphatic carbocycles. The van der Waals surface area contributed by atoms with Crippen LogP contribution in [0.5, 0.6) is 0 Å². The maximum atomic E-state index is 2.37. The van der Waals surface area contributed by atoms with E-state index < -0.39 is 7.26 Å². The van der Waals surface area contributed by atoms with Crippen LogP contribution in [0.2, 0.25) is 0 Å². The van der Waals surface area contributed by atoms with Gasteiger partial charge in [0.05, 0.1) is 24.6 Å². The number of rotatable bonds is 22. The highest BCUT2D eigenvalue weighted by molar-refractivity contribution is 7.75. The van der Waals surface area contributed by atoms with Crippen LogP contribution in [0.3, 0.4) is 0 Å². The lowest BCUT2D eigenvalue weighted by molar-refractivity contribution is -0.00000624. The van der Waals surface area contributed by atoms with Crippen molar-refractivity contribution in [1.29, 1.82) is 0 Å². The minimum Gasteiger partial charge on any atom is -1.00 e. The van der Waals surface area contributed by atoms with E-state index in [1.807, 2.05) is 0 Å². The van der Waals surface area contributed by atoms with Gasteiger partial charge in [-0.15, -0.1) is 0 Å². The van der Waals surface area contributed by atoms with Crippen molar-refractivity contribution in [1.82, 2.24) is 0 Å². The van der Waals surface area contributed by atoms with Crippen LogP contribution >= 0.6 is 7.26 Å². The summed E-state index contributed by atoms with van der Waals surface area (Å²) in [6, 6.07) is 0. The zero-order valence-electron chi connectivity index (χ0n) is 20.4. The molecule has 0 unspecified atom stereocenters. The SMILES string of the molecule is CCCCCCCC[P+](CCCCC)(CCCCC)CCCCCCCC.[I-]. The van der Waals surface area contributed by atoms with Gasteiger partial charge in [0, 0.05) is 7.26 Å². The fourth-order valence-corrected chi connectivity index (χ4v) is 9.44. The number of hydrogen-bond donors (Lipinski definition) is 0. The Morgan fingerprint density at radius 2 is 0.536 bits per heavy atom. The van der Waals surface area contributed by atoms with E-state index in [0.717, 1.165) is 0 Å². The van der Waals surface area contributed by atoms with Crippen molar-refractivity contribution in [2.45, 2.75) is 143 Å². The maximum Gasteiger partial charge on any atom is 0.0594 e. The largest absolute Gasteiger partial charge is 1.00 e. The highest BCUT2D eigenvalue weighted by Gasteiger charge is 2.34. The average Bonchev–Trinajstić information content (AvgIpc) is 2.67. The Labute approximate surface area is 198 Å². The first-order valence-electron chi connectivity index (χ1n) is 13.1. The first-order valence-corrected chi connectivity index (χ1v) is 15.6. The van der Waals surface area contributed by atoms with Crippen LogP contribution in [-0.2, 0) is 0 Å². The third-order valence-electron chi connectivity index (χ3n) is 6.44. The van der Waals surface area contributed by atoms with Crippen molar-refractivity contribution in [3.8, 4) is 0 Å². The molecule has 0 saturated carbocycles. The lowest BCUT2D eigenvalue weighted by Crippen LogP contribution is -3.00. The van der Waals surface area contributed by atoms with Gasteiger partial charge in [0.1, 0.15) is 0 Å². The van der Waals surface area contributed by atoms with E-state index in [0.29, 0.717) is 0 Å². The zero-order chi connectivity index (χ0) is 20.1. The van der Waals surface area contributed by atoms with Crippen molar-refractivity contribution in [3.05, 3.63) is 0 Å². The topological polar surface area (TPSA) is 0 Å². The predicted molar refractivity (Wildman–Crippen MR) is 132 cm³/mol. The van der Waals surface area contributed by atoms with Gasteiger partial charge in [-0.2, -0.15) is 0 Å². The summed E-state index contributed by atoms with van der Waals surface area (Å²) in [6.45, 7) is 9.41. The summed E-state index contributed by atoms with van der Waals surface area (Å²) in [5, 5.41) is 0. The minimum absolute atomic E-state index is 0. The minimum atomic E-state index is -0.667. The molecule has 0 bridgehead atoms. The first kappa shape index (κ1) is 31.3. The van der Waals surface area contributed by atoms with E-state index in [4.69, 9.17) is 0 Å². The molecule has 0 aromatic rings. The molecular weight excluding hydrogens is 470 g/mol. The Hall–Kier alpha value is 1.16. The highest BCUT2D eigenvalue weighted by atomic mass is 127.